The minimum absolute atomic E-state index is 0. The van der Waals surface area contributed by atoms with E-state index in [-0.39, 0.29) is 42.6 Å². The molecule has 2 aliphatic heterocycles. The van der Waals surface area contributed by atoms with E-state index in [1.165, 1.54) is 12.1 Å². The Morgan fingerprint density at radius 3 is 2.55 bits per heavy atom. The monoisotopic (exact) mass is 542 g/mol. The Balaban J connectivity index is 0.00000272. The average Bonchev–Trinajstić information content (AvgIpc) is 3.26. The molecule has 0 spiro atoms. The topological polar surface area (TPSA) is 67.4 Å². The molecule has 0 amide bonds. The fraction of sp³-hybridized carbons (Fsp3) is 0.409. The molecule has 2 aromatic rings. The summed E-state index contributed by atoms with van der Waals surface area (Å²) in [7, 11) is 1.75. The Bertz CT molecular complexity index is 876. The van der Waals surface area contributed by atoms with Gasteiger partial charge in [-0.05, 0) is 35.4 Å². The fourth-order valence-corrected chi connectivity index (χ4v) is 3.68. The first-order chi connectivity index (χ1) is 14.7. The van der Waals surface area contributed by atoms with E-state index >= 15 is 0 Å². The summed E-state index contributed by atoms with van der Waals surface area (Å²) in [4.78, 5) is 6.69. The van der Waals surface area contributed by atoms with Gasteiger partial charge in [0, 0.05) is 33.2 Å². The SMILES string of the molecule is CN=C(NCc1ccc2c(c1)OCO2)NCC(c1ccc(F)cc1)N1CCOCC1.I. The first-order valence-corrected chi connectivity index (χ1v) is 10.1. The molecular formula is C22H28FIN4O3. The fourth-order valence-electron chi connectivity index (χ4n) is 3.68. The maximum atomic E-state index is 13.4. The number of hydrogen-bond acceptors (Lipinski definition) is 5. The van der Waals surface area contributed by atoms with Crippen LogP contribution in [0.15, 0.2) is 47.5 Å². The normalized spacial score (nSPS) is 17.0. The van der Waals surface area contributed by atoms with Crippen molar-refractivity contribution < 1.29 is 18.6 Å². The molecule has 0 radical (unpaired) electrons. The van der Waals surface area contributed by atoms with Crippen molar-refractivity contribution in [3.05, 3.63) is 59.4 Å². The van der Waals surface area contributed by atoms with Crippen LogP contribution in [-0.2, 0) is 11.3 Å². The van der Waals surface area contributed by atoms with Crippen molar-refractivity contribution in [3.63, 3.8) is 0 Å². The highest BCUT2D eigenvalue weighted by Crippen LogP contribution is 2.32. The number of hydrogen-bond donors (Lipinski definition) is 2. The first-order valence-electron chi connectivity index (χ1n) is 10.1. The van der Waals surface area contributed by atoms with Crippen LogP contribution in [0, 0.1) is 5.82 Å². The third kappa shape index (κ3) is 6.20. The summed E-state index contributed by atoms with van der Waals surface area (Å²) in [6.45, 7) is 4.60. The third-order valence-corrected chi connectivity index (χ3v) is 5.32. The van der Waals surface area contributed by atoms with Gasteiger partial charge in [-0.2, -0.15) is 0 Å². The van der Waals surface area contributed by atoms with Crippen molar-refractivity contribution in [3.8, 4) is 11.5 Å². The minimum Gasteiger partial charge on any atom is -0.454 e. The van der Waals surface area contributed by atoms with Crippen molar-refractivity contribution in [2.45, 2.75) is 12.6 Å². The zero-order chi connectivity index (χ0) is 20.8. The van der Waals surface area contributed by atoms with Gasteiger partial charge in [0.15, 0.2) is 17.5 Å². The number of nitrogens with zero attached hydrogens (tertiary/aromatic N) is 2. The molecule has 2 aliphatic rings. The summed E-state index contributed by atoms with van der Waals surface area (Å²) in [6.07, 6.45) is 0. The van der Waals surface area contributed by atoms with Crippen molar-refractivity contribution >= 4 is 29.9 Å². The van der Waals surface area contributed by atoms with Gasteiger partial charge in [0.1, 0.15) is 5.82 Å². The molecule has 31 heavy (non-hydrogen) atoms. The molecule has 0 bridgehead atoms. The number of halogens is 2. The molecule has 4 rings (SSSR count). The molecule has 2 N–H and O–H groups in total. The molecule has 9 heteroatoms. The van der Waals surface area contributed by atoms with Crippen LogP contribution in [0.3, 0.4) is 0 Å². The van der Waals surface area contributed by atoms with E-state index in [2.05, 4.69) is 20.5 Å². The van der Waals surface area contributed by atoms with Crippen LogP contribution in [-0.4, -0.2) is 57.5 Å². The molecule has 168 valence electrons. The second-order valence-corrected chi connectivity index (χ2v) is 7.21. The summed E-state index contributed by atoms with van der Waals surface area (Å²) >= 11 is 0. The van der Waals surface area contributed by atoms with Crippen LogP contribution in [0.4, 0.5) is 4.39 Å². The predicted octanol–water partition coefficient (Wildman–Crippen LogP) is 2.91. The lowest BCUT2D eigenvalue weighted by atomic mass is 10.0. The molecule has 1 fully saturated rings. The molecule has 0 aromatic heterocycles. The van der Waals surface area contributed by atoms with E-state index < -0.39 is 0 Å². The van der Waals surface area contributed by atoms with Crippen LogP contribution in [0.5, 0.6) is 11.5 Å². The Morgan fingerprint density at radius 2 is 1.81 bits per heavy atom. The maximum absolute atomic E-state index is 13.4. The van der Waals surface area contributed by atoms with Gasteiger partial charge < -0.3 is 24.8 Å². The summed E-state index contributed by atoms with van der Waals surface area (Å²) < 4.78 is 29.7. The number of nitrogens with one attached hydrogen (secondary N) is 2. The number of benzene rings is 2. The first kappa shape index (κ1) is 23.6. The highest BCUT2D eigenvalue weighted by atomic mass is 127. The lowest BCUT2D eigenvalue weighted by Crippen LogP contribution is -2.46. The smallest absolute Gasteiger partial charge is 0.231 e. The second-order valence-electron chi connectivity index (χ2n) is 7.21. The Kier molecular flexibility index (Phi) is 8.73. The van der Waals surface area contributed by atoms with Crippen molar-refractivity contribution in [2.75, 3.05) is 46.7 Å². The standard InChI is InChI=1S/C22H27FN4O3.HI/c1-24-22(25-13-16-2-7-20-21(12-16)30-15-29-20)26-14-19(27-8-10-28-11-9-27)17-3-5-18(23)6-4-17;/h2-7,12,19H,8-11,13-15H2,1H3,(H2,24,25,26);1H. The van der Waals surface area contributed by atoms with Gasteiger partial charge in [0.25, 0.3) is 0 Å². The third-order valence-electron chi connectivity index (χ3n) is 5.32. The van der Waals surface area contributed by atoms with E-state index in [1.807, 2.05) is 30.3 Å². The van der Waals surface area contributed by atoms with E-state index in [9.17, 15) is 4.39 Å². The summed E-state index contributed by atoms with van der Waals surface area (Å²) in [5.74, 6) is 2.01. The molecule has 1 atom stereocenters. The quantitative estimate of drug-likeness (QED) is 0.333. The number of fused-ring (bicyclic) bond motifs is 1. The molecule has 7 nitrogen and oxygen atoms in total. The van der Waals surface area contributed by atoms with Crippen LogP contribution >= 0.6 is 24.0 Å². The highest BCUT2D eigenvalue weighted by Gasteiger charge is 2.23. The van der Waals surface area contributed by atoms with Gasteiger partial charge in [-0.1, -0.05) is 18.2 Å². The number of morpholine rings is 1. The lowest BCUT2D eigenvalue weighted by molar-refractivity contribution is 0.0170. The van der Waals surface area contributed by atoms with Gasteiger partial charge in [-0.3, -0.25) is 9.89 Å². The summed E-state index contributed by atoms with van der Waals surface area (Å²) in [6, 6.07) is 12.7. The van der Waals surface area contributed by atoms with Gasteiger partial charge >= 0.3 is 0 Å². The van der Waals surface area contributed by atoms with Gasteiger partial charge in [-0.15, -0.1) is 24.0 Å². The maximum Gasteiger partial charge on any atom is 0.231 e. The van der Waals surface area contributed by atoms with Crippen LogP contribution in [0.1, 0.15) is 17.2 Å². The molecular weight excluding hydrogens is 514 g/mol. The zero-order valence-corrected chi connectivity index (χ0v) is 19.8. The Morgan fingerprint density at radius 1 is 1.06 bits per heavy atom. The molecule has 1 unspecified atom stereocenters. The van der Waals surface area contributed by atoms with Crippen LogP contribution in [0.2, 0.25) is 0 Å². The Hall–Kier alpha value is -2.11. The zero-order valence-electron chi connectivity index (χ0n) is 17.5. The Labute approximate surface area is 199 Å². The van der Waals surface area contributed by atoms with Gasteiger partial charge in [0.05, 0.1) is 19.3 Å². The summed E-state index contributed by atoms with van der Waals surface area (Å²) in [5.41, 5.74) is 2.14. The predicted molar refractivity (Wildman–Crippen MR) is 128 cm³/mol. The van der Waals surface area contributed by atoms with Gasteiger partial charge in [-0.25, -0.2) is 4.39 Å². The van der Waals surface area contributed by atoms with Crippen LogP contribution in [0.25, 0.3) is 0 Å². The number of aliphatic imine (C=N–C) groups is 1. The minimum atomic E-state index is -0.228. The highest BCUT2D eigenvalue weighted by molar-refractivity contribution is 14.0. The number of rotatable bonds is 6. The van der Waals surface area contributed by atoms with E-state index in [1.54, 1.807) is 7.05 Å². The number of ether oxygens (including phenoxy) is 3. The van der Waals surface area contributed by atoms with Crippen LogP contribution < -0.4 is 20.1 Å². The largest absolute Gasteiger partial charge is 0.454 e. The number of guanidine groups is 1. The second kappa shape index (κ2) is 11.5. The van der Waals surface area contributed by atoms with Crippen molar-refractivity contribution in [1.82, 2.24) is 15.5 Å². The molecule has 2 heterocycles. The van der Waals surface area contributed by atoms with E-state index in [0.29, 0.717) is 32.3 Å². The lowest BCUT2D eigenvalue weighted by Gasteiger charge is -2.35. The molecule has 2 aromatic carbocycles. The van der Waals surface area contributed by atoms with E-state index in [4.69, 9.17) is 14.2 Å². The van der Waals surface area contributed by atoms with Crippen molar-refractivity contribution in [2.24, 2.45) is 4.99 Å². The van der Waals surface area contributed by atoms with E-state index in [0.717, 1.165) is 35.7 Å². The summed E-state index contributed by atoms with van der Waals surface area (Å²) in [5, 5.41) is 6.74. The van der Waals surface area contributed by atoms with Gasteiger partial charge in [0.2, 0.25) is 6.79 Å². The average molecular weight is 542 g/mol. The van der Waals surface area contributed by atoms with Crippen molar-refractivity contribution in [1.29, 1.82) is 0 Å². The molecule has 0 saturated carbocycles. The molecule has 0 aliphatic carbocycles. The molecule has 1 saturated heterocycles.